The molecule has 1 saturated carbocycles. The Morgan fingerprint density at radius 1 is 1.14 bits per heavy atom. The Morgan fingerprint density at radius 2 is 2.00 bits per heavy atom. The fourth-order valence-corrected chi connectivity index (χ4v) is 4.16. The molecule has 0 bridgehead atoms. The van der Waals surface area contributed by atoms with Gasteiger partial charge in [-0.2, -0.15) is 0 Å². The van der Waals surface area contributed by atoms with Crippen molar-refractivity contribution in [1.82, 2.24) is 10.3 Å². The second-order valence-corrected chi connectivity index (χ2v) is 8.09. The molecule has 0 radical (unpaired) electrons. The number of benzene rings is 2. The zero-order valence-electron chi connectivity index (χ0n) is 15.8. The number of furan rings is 1. The van der Waals surface area contributed by atoms with Crippen LogP contribution in [0.1, 0.15) is 45.8 Å². The van der Waals surface area contributed by atoms with Crippen molar-refractivity contribution in [1.29, 1.82) is 0 Å². The van der Waals surface area contributed by atoms with Crippen LogP contribution >= 0.6 is 11.3 Å². The predicted molar refractivity (Wildman–Crippen MR) is 112 cm³/mol. The highest BCUT2D eigenvalue weighted by Crippen LogP contribution is 2.41. The highest BCUT2D eigenvalue weighted by atomic mass is 32.1. The van der Waals surface area contributed by atoms with Gasteiger partial charge >= 0.3 is 0 Å². The van der Waals surface area contributed by atoms with Crippen LogP contribution in [0.3, 0.4) is 0 Å². The lowest BCUT2D eigenvalue weighted by molar-refractivity contribution is 0.0918. The van der Waals surface area contributed by atoms with E-state index >= 15 is 0 Å². The summed E-state index contributed by atoms with van der Waals surface area (Å²) in [5, 5.41) is 8.35. The number of rotatable bonds is 7. The number of amides is 1. The van der Waals surface area contributed by atoms with Gasteiger partial charge in [0, 0.05) is 11.3 Å². The van der Waals surface area contributed by atoms with Gasteiger partial charge in [0.25, 0.3) is 5.91 Å². The third kappa shape index (κ3) is 4.17. The van der Waals surface area contributed by atoms with Crippen molar-refractivity contribution >= 4 is 28.0 Å². The van der Waals surface area contributed by atoms with Crippen molar-refractivity contribution < 1.29 is 13.9 Å². The molecule has 0 spiro atoms. The van der Waals surface area contributed by atoms with Crippen LogP contribution in [0.15, 0.2) is 64.4 Å². The van der Waals surface area contributed by atoms with Crippen molar-refractivity contribution in [2.45, 2.75) is 31.9 Å². The molecule has 0 aliphatic heterocycles. The Labute approximate surface area is 172 Å². The van der Waals surface area contributed by atoms with E-state index in [1.54, 1.807) is 23.5 Å². The molecule has 2 aromatic carbocycles. The molecule has 5 rings (SSSR count). The standard InChI is InChI=1S/C23H20N2O3S/c26-22(24-12-18-14-29-23(25-18)16-5-6-16)21-10-9-20(28-21)13-27-19-8-7-15-3-1-2-4-17(15)11-19/h1-4,7-11,14,16H,5-6,12-13H2,(H,24,26). The van der Waals surface area contributed by atoms with Crippen LogP contribution < -0.4 is 10.1 Å². The first-order valence-corrected chi connectivity index (χ1v) is 10.6. The number of fused-ring (bicyclic) bond motifs is 1. The van der Waals surface area contributed by atoms with E-state index in [0.29, 0.717) is 18.2 Å². The van der Waals surface area contributed by atoms with Gasteiger partial charge in [-0.15, -0.1) is 11.3 Å². The lowest BCUT2D eigenvalue weighted by Crippen LogP contribution is -2.22. The van der Waals surface area contributed by atoms with Crippen molar-refractivity contribution in [3.8, 4) is 5.75 Å². The van der Waals surface area contributed by atoms with Crippen molar-refractivity contribution in [3.05, 3.63) is 82.2 Å². The molecule has 5 nitrogen and oxygen atoms in total. The van der Waals surface area contributed by atoms with Gasteiger partial charge in [0.05, 0.1) is 17.2 Å². The summed E-state index contributed by atoms with van der Waals surface area (Å²) in [6.45, 7) is 0.675. The first-order chi connectivity index (χ1) is 14.2. The molecule has 1 fully saturated rings. The average Bonchev–Trinajstić information content (AvgIpc) is 3.30. The Kier molecular flexibility index (Phi) is 4.77. The quantitative estimate of drug-likeness (QED) is 0.455. The lowest BCUT2D eigenvalue weighted by Gasteiger charge is -2.06. The van der Waals surface area contributed by atoms with E-state index in [9.17, 15) is 4.79 Å². The largest absolute Gasteiger partial charge is 0.486 e. The van der Waals surface area contributed by atoms with Gasteiger partial charge in [0.1, 0.15) is 18.1 Å². The van der Waals surface area contributed by atoms with E-state index in [4.69, 9.17) is 9.15 Å². The maximum atomic E-state index is 12.3. The van der Waals surface area contributed by atoms with Crippen LogP contribution in [0.2, 0.25) is 0 Å². The smallest absolute Gasteiger partial charge is 0.287 e. The first kappa shape index (κ1) is 17.9. The number of nitrogens with zero attached hydrogens (tertiary/aromatic N) is 1. The van der Waals surface area contributed by atoms with Gasteiger partial charge in [-0.3, -0.25) is 4.79 Å². The molecular weight excluding hydrogens is 384 g/mol. The van der Waals surface area contributed by atoms with Crippen LogP contribution in [0.25, 0.3) is 10.8 Å². The first-order valence-electron chi connectivity index (χ1n) is 9.67. The molecule has 2 heterocycles. The fraction of sp³-hybridized carbons (Fsp3) is 0.217. The zero-order chi connectivity index (χ0) is 19.6. The third-order valence-corrected chi connectivity index (χ3v) is 5.97. The summed E-state index contributed by atoms with van der Waals surface area (Å²) in [7, 11) is 0. The number of nitrogens with one attached hydrogen (secondary N) is 1. The van der Waals surface area contributed by atoms with Crippen molar-refractivity contribution in [3.63, 3.8) is 0 Å². The third-order valence-electron chi connectivity index (χ3n) is 4.91. The van der Waals surface area contributed by atoms with Gasteiger partial charge in [-0.05, 0) is 47.9 Å². The molecule has 1 aliphatic carbocycles. The number of ether oxygens (including phenoxy) is 1. The Bertz CT molecular complexity index is 1160. The fourth-order valence-electron chi connectivity index (χ4n) is 3.17. The molecule has 2 aromatic heterocycles. The highest BCUT2D eigenvalue weighted by Gasteiger charge is 2.26. The van der Waals surface area contributed by atoms with Gasteiger partial charge < -0.3 is 14.5 Å². The van der Waals surface area contributed by atoms with E-state index in [1.165, 1.54) is 23.2 Å². The zero-order valence-corrected chi connectivity index (χ0v) is 16.6. The monoisotopic (exact) mass is 404 g/mol. The Balaban J connectivity index is 1.16. The van der Waals surface area contributed by atoms with Gasteiger partial charge in [0.15, 0.2) is 5.76 Å². The van der Waals surface area contributed by atoms with E-state index in [0.717, 1.165) is 16.8 Å². The average molecular weight is 404 g/mol. The normalized spacial score (nSPS) is 13.5. The topological polar surface area (TPSA) is 64.4 Å². The number of carbonyl (C=O) groups is 1. The molecular formula is C23H20N2O3S. The maximum Gasteiger partial charge on any atom is 0.287 e. The molecule has 0 saturated heterocycles. The molecule has 1 aliphatic rings. The van der Waals surface area contributed by atoms with E-state index < -0.39 is 0 Å². The summed E-state index contributed by atoms with van der Waals surface area (Å²) >= 11 is 1.67. The Morgan fingerprint density at radius 3 is 2.86 bits per heavy atom. The van der Waals surface area contributed by atoms with Crippen molar-refractivity contribution in [2.75, 3.05) is 0 Å². The number of thiazole rings is 1. The van der Waals surface area contributed by atoms with E-state index in [-0.39, 0.29) is 18.3 Å². The van der Waals surface area contributed by atoms with E-state index in [1.807, 2.05) is 41.8 Å². The number of hydrogen-bond acceptors (Lipinski definition) is 5. The summed E-state index contributed by atoms with van der Waals surface area (Å²) in [5.41, 5.74) is 0.900. The van der Waals surface area contributed by atoms with Crippen LogP contribution in [0.4, 0.5) is 0 Å². The second kappa shape index (κ2) is 7.72. The molecule has 146 valence electrons. The van der Waals surface area contributed by atoms with Crippen LogP contribution in [0.5, 0.6) is 5.75 Å². The number of carbonyl (C=O) groups excluding carboxylic acids is 1. The van der Waals surface area contributed by atoms with Crippen LogP contribution in [0, 0.1) is 0 Å². The second-order valence-electron chi connectivity index (χ2n) is 7.20. The molecule has 0 atom stereocenters. The SMILES string of the molecule is O=C(NCc1csc(C2CC2)n1)c1ccc(COc2ccc3ccccc3c2)o1. The minimum absolute atomic E-state index is 0.247. The highest BCUT2D eigenvalue weighted by molar-refractivity contribution is 7.09. The summed E-state index contributed by atoms with van der Waals surface area (Å²) in [6, 6.07) is 17.5. The Hall–Kier alpha value is -3.12. The molecule has 29 heavy (non-hydrogen) atoms. The van der Waals surface area contributed by atoms with Gasteiger partial charge in [-0.1, -0.05) is 30.3 Å². The maximum absolute atomic E-state index is 12.3. The molecule has 1 amide bonds. The van der Waals surface area contributed by atoms with Gasteiger partial charge in [0.2, 0.25) is 0 Å². The molecule has 0 unspecified atom stereocenters. The minimum Gasteiger partial charge on any atom is -0.486 e. The summed E-state index contributed by atoms with van der Waals surface area (Å²) in [6.07, 6.45) is 2.46. The number of hydrogen-bond donors (Lipinski definition) is 1. The summed E-state index contributed by atoms with van der Waals surface area (Å²) < 4.78 is 11.5. The predicted octanol–water partition coefficient (Wildman–Crippen LogP) is 5.28. The minimum atomic E-state index is -0.247. The summed E-state index contributed by atoms with van der Waals surface area (Å²) in [4.78, 5) is 16.9. The number of aromatic nitrogens is 1. The van der Waals surface area contributed by atoms with Gasteiger partial charge in [-0.25, -0.2) is 4.98 Å². The molecule has 1 N–H and O–H groups in total. The van der Waals surface area contributed by atoms with Crippen molar-refractivity contribution in [2.24, 2.45) is 0 Å². The van der Waals surface area contributed by atoms with Crippen LogP contribution in [-0.2, 0) is 13.2 Å². The van der Waals surface area contributed by atoms with E-state index in [2.05, 4.69) is 16.4 Å². The van der Waals surface area contributed by atoms with Crippen LogP contribution in [-0.4, -0.2) is 10.9 Å². The molecule has 6 heteroatoms. The summed E-state index contributed by atoms with van der Waals surface area (Å²) in [5.74, 6) is 2.04. The lowest BCUT2D eigenvalue weighted by atomic mass is 10.1. The molecule has 4 aromatic rings.